The highest BCUT2D eigenvalue weighted by Gasteiger charge is 2.07. The van der Waals surface area contributed by atoms with Crippen molar-refractivity contribution in [2.75, 3.05) is 23.8 Å². The van der Waals surface area contributed by atoms with Crippen molar-refractivity contribution in [3.05, 3.63) is 65.7 Å². The normalized spacial score (nSPS) is 10.5. The number of benzene rings is 2. The van der Waals surface area contributed by atoms with Crippen LogP contribution in [0.25, 0.3) is 11.3 Å². The predicted octanol–water partition coefficient (Wildman–Crippen LogP) is 4.33. The van der Waals surface area contributed by atoms with Gasteiger partial charge in [0.1, 0.15) is 5.82 Å². The third-order valence-electron chi connectivity index (χ3n) is 3.51. The number of hydrogen-bond donors (Lipinski definition) is 3. The molecule has 0 atom stereocenters. The van der Waals surface area contributed by atoms with E-state index in [2.05, 4.69) is 20.6 Å². The largest absolute Gasteiger partial charge is 0.396 e. The van der Waals surface area contributed by atoms with Crippen LogP contribution in [0.2, 0.25) is 5.02 Å². The molecule has 0 bridgehead atoms. The first-order valence-electron chi connectivity index (χ1n) is 8.06. The van der Waals surface area contributed by atoms with E-state index in [-0.39, 0.29) is 6.61 Å². The smallest absolute Gasteiger partial charge is 0.225 e. The van der Waals surface area contributed by atoms with Crippen LogP contribution in [0.3, 0.4) is 0 Å². The summed E-state index contributed by atoms with van der Waals surface area (Å²) in [6.07, 6.45) is 0.635. The molecule has 3 aromatic rings. The molecule has 1 heterocycles. The van der Waals surface area contributed by atoms with Crippen LogP contribution in [0.1, 0.15) is 6.42 Å². The number of aliphatic hydroxyl groups is 1. The van der Waals surface area contributed by atoms with Gasteiger partial charge in [-0.2, -0.15) is 4.98 Å². The summed E-state index contributed by atoms with van der Waals surface area (Å²) in [5.74, 6) is 1.18. The highest BCUT2D eigenvalue weighted by atomic mass is 35.5. The molecule has 3 N–H and O–H groups in total. The first kappa shape index (κ1) is 17.2. The first-order chi connectivity index (χ1) is 12.2. The second-order valence-electron chi connectivity index (χ2n) is 5.47. The van der Waals surface area contributed by atoms with E-state index in [9.17, 15) is 0 Å². The van der Waals surface area contributed by atoms with Gasteiger partial charge in [0.2, 0.25) is 5.95 Å². The number of anilines is 3. The molecule has 0 saturated carbocycles. The monoisotopic (exact) mass is 354 g/mol. The minimum atomic E-state index is 0.124. The lowest BCUT2D eigenvalue weighted by Crippen LogP contribution is -2.08. The van der Waals surface area contributed by atoms with Crippen LogP contribution >= 0.6 is 11.6 Å². The van der Waals surface area contributed by atoms with E-state index in [1.165, 1.54) is 0 Å². The topological polar surface area (TPSA) is 70.1 Å². The molecule has 0 fully saturated rings. The third kappa shape index (κ3) is 4.92. The Kier molecular flexibility index (Phi) is 5.82. The molecule has 0 unspecified atom stereocenters. The lowest BCUT2D eigenvalue weighted by Gasteiger charge is -2.11. The molecule has 25 heavy (non-hydrogen) atoms. The highest BCUT2D eigenvalue weighted by Crippen LogP contribution is 2.24. The zero-order valence-electron chi connectivity index (χ0n) is 13.6. The number of aromatic nitrogens is 2. The maximum Gasteiger partial charge on any atom is 0.225 e. The Labute approximate surface area is 151 Å². The Bertz CT molecular complexity index is 827. The number of nitrogens with one attached hydrogen (secondary N) is 2. The highest BCUT2D eigenvalue weighted by molar-refractivity contribution is 6.30. The van der Waals surface area contributed by atoms with Crippen LogP contribution in [-0.4, -0.2) is 28.2 Å². The van der Waals surface area contributed by atoms with E-state index in [1.54, 1.807) is 0 Å². The van der Waals surface area contributed by atoms with Crippen LogP contribution in [-0.2, 0) is 0 Å². The minimum Gasteiger partial charge on any atom is -0.396 e. The Morgan fingerprint density at radius 3 is 2.56 bits per heavy atom. The van der Waals surface area contributed by atoms with Crippen LogP contribution < -0.4 is 10.6 Å². The van der Waals surface area contributed by atoms with Gasteiger partial charge in [-0.15, -0.1) is 0 Å². The first-order valence-corrected chi connectivity index (χ1v) is 8.44. The fraction of sp³-hybridized carbons (Fsp3) is 0.158. The second kappa shape index (κ2) is 8.46. The number of aliphatic hydroxyl groups excluding tert-OH is 1. The molecule has 0 spiro atoms. The zero-order chi connectivity index (χ0) is 17.5. The number of nitrogens with zero attached hydrogens (tertiary/aromatic N) is 2. The number of rotatable bonds is 7. The van der Waals surface area contributed by atoms with E-state index in [0.29, 0.717) is 29.8 Å². The van der Waals surface area contributed by atoms with Crippen molar-refractivity contribution < 1.29 is 5.11 Å². The molecule has 0 aliphatic heterocycles. The minimum absolute atomic E-state index is 0.124. The quantitative estimate of drug-likeness (QED) is 0.551. The summed E-state index contributed by atoms with van der Waals surface area (Å²) in [4.78, 5) is 9.06. The van der Waals surface area contributed by atoms with Gasteiger partial charge in [0.25, 0.3) is 0 Å². The van der Waals surface area contributed by atoms with Crippen LogP contribution in [0.5, 0.6) is 0 Å². The van der Waals surface area contributed by atoms with Gasteiger partial charge in [-0.3, -0.25) is 0 Å². The second-order valence-corrected chi connectivity index (χ2v) is 5.90. The summed E-state index contributed by atoms with van der Waals surface area (Å²) in [6.45, 7) is 0.727. The van der Waals surface area contributed by atoms with Gasteiger partial charge in [0.05, 0.1) is 5.69 Å². The van der Waals surface area contributed by atoms with Crippen molar-refractivity contribution in [3.63, 3.8) is 0 Å². The van der Waals surface area contributed by atoms with E-state index in [0.717, 1.165) is 16.9 Å². The average Bonchev–Trinajstić information content (AvgIpc) is 2.63. The molecule has 1 aromatic heterocycles. The van der Waals surface area contributed by atoms with Crippen LogP contribution in [0, 0.1) is 0 Å². The molecule has 0 aliphatic carbocycles. The van der Waals surface area contributed by atoms with Gasteiger partial charge in [-0.25, -0.2) is 4.98 Å². The molecule has 5 nitrogen and oxygen atoms in total. The lowest BCUT2D eigenvalue weighted by atomic mass is 10.1. The van der Waals surface area contributed by atoms with Crippen LogP contribution in [0.4, 0.5) is 17.5 Å². The van der Waals surface area contributed by atoms with Gasteiger partial charge >= 0.3 is 0 Å². The van der Waals surface area contributed by atoms with Crippen LogP contribution in [0.15, 0.2) is 60.7 Å². The van der Waals surface area contributed by atoms with Gasteiger partial charge in [-0.1, -0.05) is 48.0 Å². The zero-order valence-corrected chi connectivity index (χ0v) is 14.4. The van der Waals surface area contributed by atoms with Gasteiger partial charge in [0, 0.05) is 35.5 Å². The Balaban J connectivity index is 1.91. The number of halogens is 1. The molecule has 2 aromatic carbocycles. The van der Waals surface area contributed by atoms with Gasteiger partial charge < -0.3 is 15.7 Å². The van der Waals surface area contributed by atoms with E-state index >= 15 is 0 Å². The molecule has 0 amide bonds. The van der Waals surface area contributed by atoms with Gasteiger partial charge in [0.15, 0.2) is 0 Å². The fourth-order valence-electron chi connectivity index (χ4n) is 2.34. The predicted molar refractivity (Wildman–Crippen MR) is 102 cm³/mol. The standard InChI is InChI=1S/C19H19ClN4O/c20-15-8-4-9-16(12-15)22-18-13-17(14-6-2-1-3-7-14)23-19(24-18)21-10-5-11-25/h1-4,6-9,12-13,25H,5,10-11H2,(H2,21,22,23,24). The lowest BCUT2D eigenvalue weighted by molar-refractivity contribution is 0.292. The molecular weight excluding hydrogens is 336 g/mol. The number of hydrogen-bond acceptors (Lipinski definition) is 5. The Morgan fingerprint density at radius 2 is 1.80 bits per heavy atom. The van der Waals surface area contributed by atoms with Crippen molar-refractivity contribution in [1.29, 1.82) is 0 Å². The summed E-state index contributed by atoms with van der Waals surface area (Å²) < 4.78 is 0. The van der Waals surface area contributed by atoms with Gasteiger partial charge in [-0.05, 0) is 24.6 Å². The van der Waals surface area contributed by atoms with Crippen molar-refractivity contribution >= 4 is 29.1 Å². The van der Waals surface area contributed by atoms with E-state index < -0.39 is 0 Å². The SMILES string of the molecule is OCCCNc1nc(Nc2cccc(Cl)c2)cc(-c2ccccc2)n1. The molecule has 128 valence electrons. The van der Waals surface area contributed by atoms with Crippen molar-refractivity contribution in [1.82, 2.24) is 9.97 Å². The molecule has 0 aliphatic rings. The summed E-state index contributed by atoms with van der Waals surface area (Å²) in [5.41, 5.74) is 2.67. The Hall–Kier alpha value is -2.63. The molecule has 6 heteroatoms. The van der Waals surface area contributed by atoms with Crippen molar-refractivity contribution in [2.24, 2.45) is 0 Å². The maximum atomic E-state index is 8.95. The fourth-order valence-corrected chi connectivity index (χ4v) is 2.53. The molecular formula is C19H19ClN4O. The van der Waals surface area contributed by atoms with E-state index in [4.69, 9.17) is 16.7 Å². The summed E-state index contributed by atoms with van der Waals surface area (Å²) in [7, 11) is 0. The van der Waals surface area contributed by atoms with E-state index in [1.807, 2.05) is 60.7 Å². The Morgan fingerprint density at radius 1 is 0.960 bits per heavy atom. The van der Waals surface area contributed by atoms with Crippen molar-refractivity contribution in [2.45, 2.75) is 6.42 Å². The van der Waals surface area contributed by atoms with Crippen molar-refractivity contribution in [3.8, 4) is 11.3 Å². The maximum absolute atomic E-state index is 8.95. The molecule has 0 radical (unpaired) electrons. The summed E-state index contributed by atoms with van der Waals surface area (Å²) in [6, 6.07) is 19.3. The third-order valence-corrected chi connectivity index (χ3v) is 3.75. The summed E-state index contributed by atoms with van der Waals surface area (Å²) in [5, 5.41) is 16.0. The summed E-state index contributed by atoms with van der Waals surface area (Å²) >= 11 is 6.05. The molecule has 0 saturated heterocycles. The average molecular weight is 355 g/mol. The molecule has 3 rings (SSSR count).